The number of benzene rings is 2. The van der Waals surface area contributed by atoms with Crippen LogP contribution >= 0.6 is 15.9 Å². The first-order valence-electron chi connectivity index (χ1n) is 9.48. The number of nitriles is 1. The van der Waals surface area contributed by atoms with Crippen LogP contribution in [0.15, 0.2) is 59.1 Å². The third kappa shape index (κ3) is 4.23. The van der Waals surface area contributed by atoms with Gasteiger partial charge in [-0.1, -0.05) is 58.4 Å². The molecule has 0 radical (unpaired) electrons. The van der Waals surface area contributed by atoms with E-state index in [1.54, 1.807) is 4.90 Å². The van der Waals surface area contributed by atoms with E-state index in [1.165, 1.54) is 0 Å². The Hall–Kier alpha value is -2.32. The lowest BCUT2D eigenvalue weighted by Crippen LogP contribution is -2.50. The van der Waals surface area contributed by atoms with Crippen LogP contribution in [0.25, 0.3) is 0 Å². The Bertz CT molecular complexity index is 874. The molecule has 4 nitrogen and oxygen atoms in total. The predicted octanol–water partition coefficient (Wildman–Crippen LogP) is 6.19. The fourth-order valence-corrected chi connectivity index (χ4v) is 4.13. The minimum atomic E-state index is -0.784. The summed E-state index contributed by atoms with van der Waals surface area (Å²) in [6.07, 6.45) is 0.779. The molecule has 1 aliphatic rings. The Morgan fingerprint density at radius 1 is 1.21 bits per heavy atom. The molecule has 1 fully saturated rings. The number of rotatable bonds is 5. The summed E-state index contributed by atoms with van der Waals surface area (Å²) in [4.78, 5) is 14.8. The van der Waals surface area contributed by atoms with Crippen molar-refractivity contribution in [1.29, 1.82) is 5.26 Å². The highest BCUT2D eigenvalue weighted by Gasteiger charge is 2.46. The van der Waals surface area contributed by atoms with Crippen LogP contribution in [0.4, 0.5) is 4.79 Å². The van der Waals surface area contributed by atoms with Gasteiger partial charge >= 0.3 is 6.09 Å². The zero-order valence-corrected chi connectivity index (χ0v) is 18.1. The van der Waals surface area contributed by atoms with Crippen molar-refractivity contribution in [3.05, 3.63) is 70.2 Å². The molecular formula is C23H25BrN2O2. The first-order chi connectivity index (χ1) is 13.3. The second-order valence-corrected chi connectivity index (χ2v) is 8.99. The molecule has 1 amide bonds. The van der Waals surface area contributed by atoms with Crippen LogP contribution < -0.4 is 0 Å². The van der Waals surface area contributed by atoms with Crippen LogP contribution in [0.2, 0.25) is 0 Å². The van der Waals surface area contributed by atoms with Gasteiger partial charge in [0.2, 0.25) is 0 Å². The van der Waals surface area contributed by atoms with E-state index in [4.69, 9.17) is 4.74 Å². The van der Waals surface area contributed by atoms with Gasteiger partial charge in [0.1, 0.15) is 5.60 Å². The van der Waals surface area contributed by atoms with Gasteiger partial charge in [0.15, 0.2) is 0 Å². The Morgan fingerprint density at radius 2 is 1.86 bits per heavy atom. The van der Waals surface area contributed by atoms with Crippen molar-refractivity contribution in [1.82, 2.24) is 4.90 Å². The smallest absolute Gasteiger partial charge is 0.411 e. The van der Waals surface area contributed by atoms with E-state index in [1.807, 2.05) is 75.4 Å². The molecule has 1 saturated heterocycles. The summed E-state index contributed by atoms with van der Waals surface area (Å²) in [5.74, 6) is 0. The second kappa shape index (κ2) is 7.97. The second-order valence-electron chi connectivity index (χ2n) is 8.07. The fraction of sp³-hybridized carbons (Fsp3) is 0.391. The number of carbonyl (C=O) groups excluding carboxylic acids is 1. The van der Waals surface area contributed by atoms with Crippen molar-refractivity contribution in [3.63, 3.8) is 0 Å². The first kappa shape index (κ1) is 20.4. The normalized spacial score (nSPS) is 21.0. The van der Waals surface area contributed by atoms with Crippen molar-refractivity contribution < 1.29 is 9.53 Å². The van der Waals surface area contributed by atoms with Crippen LogP contribution in [0.5, 0.6) is 0 Å². The SMILES string of the molecule is C[C@@H](c1ccc(Br)cc1)N1CCC(CC(C)(C)C#N)(c2ccccc2)OC1=O. The highest BCUT2D eigenvalue weighted by atomic mass is 79.9. The van der Waals surface area contributed by atoms with E-state index in [9.17, 15) is 10.1 Å². The monoisotopic (exact) mass is 440 g/mol. The van der Waals surface area contributed by atoms with Crippen LogP contribution in [-0.2, 0) is 10.3 Å². The molecule has 0 saturated carbocycles. The van der Waals surface area contributed by atoms with Crippen LogP contribution in [-0.4, -0.2) is 17.5 Å². The maximum absolute atomic E-state index is 13.1. The first-order valence-corrected chi connectivity index (χ1v) is 10.3. The van der Waals surface area contributed by atoms with Gasteiger partial charge in [-0.2, -0.15) is 5.26 Å². The lowest BCUT2D eigenvalue weighted by Gasteiger charge is -2.45. The number of hydrogen-bond acceptors (Lipinski definition) is 3. The van der Waals surface area contributed by atoms with Gasteiger partial charge in [-0.25, -0.2) is 4.79 Å². The number of halogens is 1. The van der Waals surface area contributed by atoms with Crippen LogP contribution in [0, 0.1) is 16.7 Å². The number of carbonyl (C=O) groups is 1. The zero-order valence-electron chi connectivity index (χ0n) is 16.5. The molecule has 28 heavy (non-hydrogen) atoms. The molecule has 2 aromatic rings. The van der Waals surface area contributed by atoms with Gasteiger partial charge in [-0.15, -0.1) is 0 Å². The Kier molecular flexibility index (Phi) is 5.81. The molecule has 0 bridgehead atoms. The summed E-state index contributed by atoms with van der Waals surface area (Å²) in [7, 11) is 0. The predicted molar refractivity (Wildman–Crippen MR) is 112 cm³/mol. The molecule has 1 heterocycles. The van der Waals surface area contributed by atoms with Gasteiger partial charge in [0, 0.05) is 23.9 Å². The molecule has 5 heteroatoms. The molecular weight excluding hydrogens is 416 g/mol. The van der Waals surface area contributed by atoms with Gasteiger partial charge < -0.3 is 9.64 Å². The quantitative estimate of drug-likeness (QED) is 0.556. The van der Waals surface area contributed by atoms with Gasteiger partial charge in [-0.05, 0) is 44.0 Å². The maximum Gasteiger partial charge on any atom is 0.411 e. The molecule has 3 rings (SSSR count). The number of hydrogen-bond donors (Lipinski definition) is 0. The maximum atomic E-state index is 13.1. The third-order valence-corrected chi connectivity index (χ3v) is 5.95. The Morgan fingerprint density at radius 3 is 2.43 bits per heavy atom. The highest BCUT2D eigenvalue weighted by molar-refractivity contribution is 9.10. The van der Waals surface area contributed by atoms with E-state index < -0.39 is 11.0 Å². The van der Waals surface area contributed by atoms with E-state index in [-0.39, 0.29) is 12.1 Å². The Balaban J connectivity index is 1.88. The van der Waals surface area contributed by atoms with Crippen molar-refractivity contribution >= 4 is 22.0 Å². The van der Waals surface area contributed by atoms with Crippen molar-refractivity contribution in [2.45, 2.75) is 45.3 Å². The van der Waals surface area contributed by atoms with Crippen molar-refractivity contribution in [2.24, 2.45) is 5.41 Å². The van der Waals surface area contributed by atoms with Gasteiger partial charge in [0.05, 0.1) is 17.5 Å². The number of nitrogens with zero attached hydrogens (tertiary/aromatic N) is 2. The van der Waals surface area contributed by atoms with E-state index in [0.717, 1.165) is 15.6 Å². The fourth-order valence-electron chi connectivity index (χ4n) is 3.87. The van der Waals surface area contributed by atoms with E-state index in [2.05, 4.69) is 22.0 Å². The topological polar surface area (TPSA) is 53.3 Å². The van der Waals surface area contributed by atoms with Crippen LogP contribution in [0.3, 0.4) is 0 Å². The molecule has 1 unspecified atom stereocenters. The standard InChI is InChI=1S/C23H25BrN2O2/c1-17(18-9-11-20(24)12-10-18)26-14-13-23(28-21(26)27,15-22(2,3)16-25)19-7-5-4-6-8-19/h4-12,17H,13-15H2,1-3H3/t17-,23?/m0/s1. The summed E-state index contributed by atoms with van der Waals surface area (Å²) in [5, 5.41) is 9.56. The van der Waals surface area contributed by atoms with E-state index >= 15 is 0 Å². The molecule has 2 aromatic carbocycles. The molecule has 0 aromatic heterocycles. The zero-order chi connectivity index (χ0) is 20.4. The molecule has 146 valence electrons. The molecule has 2 atom stereocenters. The van der Waals surface area contributed by atoms with Crippen molar-refractivity contribution in [3.8, 4) is 6.07 Å². The number of ether oxygens (including phenoxy) is 1. The van der Waals surface area contributed by atoms with E-state index in [0.29, 0.717) is 19.4 Å². The Labute approximate surface area is 175 Å². The lowest BCUT2D eigenvalue weighted by atomic mass is 9.75. The molecule has 1 aliphatic heterocycles. The largest absolute Gasteiger partial charge is 0.438 e. The number of cyclic esters (lactones) is 1. The molecule has 0 spiro atoms. The minimum absolute atomic E-state index is 0.0849. The lowest BCUT2D eigenvalue weighted by molar-refractivity contribution is -0.0770. The minimum Gasteiger partial charge on any atom is -0.438 e. The van der Waals surface area contributed by atoms with Crippen LogP contribution in [0.1, 0.15) is 50.8 Å². The summed E-state index contributed by atoms with van der Waals surface area (Å²) < 4.78 is 7.11. The molecule has 0 aliphatic carbocycles. The number of amides is 1. The summed E-state index contributed by atoms with van der Waals surface area (Å²) in [6.45, 7) is 6.37. The molecule has 0 N–H and O–H groups in total. The van der Waals surface area contributed by atoms with Gasteiger partial charge in [-0.3, -0.25) is 0 Å². The van der Waals surface area contributed by atoms with Crippen molar-refractivity contribution in [2.75, 3.05) is 6.54 Å². The third-order valence-electron chi connectivity index (χ3n) is 5.42. The summed E-state index contributed by atoms with van der Waals surface area (Å²) >= 11 is 3.45. The average molecular weight is 441 g/mol. The van der Waals surface area contributed by atoms with Gasteiger partial charge in [0.25, 0.3) is 0 Å². The highest BCUT2D eigenvalue weighted by Crippen LogP contribution is 2.44. The summed E-state index contributed by atoms with van der Waals surface area (Å²) in [6, 6.07) is 20.0. The summed E-state index contributed by atoms with van der Waals surface area (Å²) in [5.41, 5.74) is 0.621. The average Bonchev–Trinajstić information content (AvgIpc) is 2.68.